The topological polar surface area (TPSA) is 68.0 Å². The third-order valence-corrected chi connectivity index (χ3v) is 2.97. The Kier molecular flexibility index (Phi) is 3.30. The number of amides is 1. The van der Waals surface area contributed by atoms with Gasteiger partial charge in [0.05, 0.1) is 22.8 Å². The van der Waals surface area contributed by atoms with E-state index in [1.165, 1.54) is 0 Å². The zero-order valence-corrected chi connectivity index (χ0v) is 10.6. The molecule has 1 amide bonds. The molecule has 0 aliphatic carbocycles. The summed E-state index contributed by atoms with van der Waals surface area (Å²) >= 11 is 0. The van der Waals surface area contributed by atoms with Crippen LogP contribution in [0.1, 0.15) is 13.8 Å². The van der Waals surface area contributed by atoms with Crippen molar-refractivity contribution < 1.29 is 4.79 Å². The van der Waals surface area contributed by atoms with Crippen molar-refractivity contribution in [1.29, 1.82) is 0 Å². The van der Waals surface area contributed by atoms with E-state index in [0.717, 1.165) is 10.9 Å². The number of nitrogens with zero attached hydrogens (tertiary/aromatic N) is 1. The van der Waals surface area contributed by atoms with Gasteiger partial charge in [0, 0.05) is 11.9 Å². The predicted molar refractivity (Wildman–Crippen MR) is 73.2 cm³/mol. The van der Waals surface area contributed by atoms with Gasteiger partial charge in [-0.3, -0.25) is 9.78 Å². The first-order valence-electron chi connectivity index (χ1n) is 5.89. The van der Waals surface area contributed by atoms with Gasteiger partial charge in [0.1, 0.15) is 0 Å². The van der Waals surface area contributed by atoms with Crippen molar-refractivity contribution in [2.45, 2.75) is 13.8 Å². The molecule has 3 N–H and O–H groups in total. The van der Waals surface area contributed by atoms with Gasteiger partial charge in [-0.25, -0.2) is 0 Å². The zero-order chi connectivity index (χ0) is 13.2. The fourth-order valence-electron chi connectivity index (χ4n) is 1.53. The number of para-hydroxylation sites is 1. The maximum atomic E-state index is 12.0. The number of rotatable bonds is 3. The van der Waals surface area contributed by atoms with Crippen molar-refractivity contribution in [1.82, 2.24) is 4.98 Å². The summed E-state index contributed by atoms with van der Waals surface area (Å²) in [5.74, 6) is -0.0953. The first kappa shape index (κ1) is 12.5. The SMILES string of the molecule is CC(C)(CN)C(=O)Nc1cnc2ccccc2c1. The number of anilines is 1. The summed E-state index contributed by atoms with van der Waals surface area (Å²) in [5, 5.41) is 3.84. The van der Waals surface area contributed by atoms with E-state index >= 15 is 0 Å². The molecule has 2 rings (SSSR count). The summed E-state index contributed by atoms with van der Waals surface area (Å²) < 4.78 is 0. The number of aromatic nitrogens is 1. The van der Waals surface area contributed by atoms with Gasteiger partial charge in [0.25, 0.3) is 0 Å². The van der Waals surface area contributed by atoms with Crippen molar-refractivity contribution >= 4 is 22.5 Å². The van der Waals surface area contributed by atoms with Crippen LogP contribution in [0.15, 0.2) is 36.5 Å². The smallest absolute Gasteiger partial charge is 0.231 e. The molecule has 94 valence electrons. The van der Waals surface area contributed by atoms with Gasteiger partial charge in [-0.05, 0) is 26.0 Å². The molecule has 0 aliphatic rings. The Labute approximate surface area is 106 Å². The number of carbonyl (C=O) groups is 1. The Morgan fingerprint density at radius 2 is 2.11 bits per heavy atom. The number of benzene rings is 1. The van der Waals surface area contributed by atoms with E-state index in [-0.39, 0.29) is 5.91 Å². The number of fused-ring (bicyclic) bond motifs is 1. The number of nitrogens with one attached hydrogen (secondary N) is 1. The van der Waals surface area contributed by atoms with Gasteiger partial charge in [-0.1, -0.05) is 18.2 Å². The molecule has 0 aliphatic heterocycles. The lowest BCUT2D eigenvalue weighted by atomic mass is 9.92. The highest BCUT2D eigenvalue weighted by atomic mass is 16.2. The van der Waals surface area contributed by atoms with E-state index < -0.39 is 5.41 Å². The molecule has 1 heterocycles. The van der Waals surface area contributed by atoms with Crippen molar-refractivity contribution in [2.24, 2.45) is 11.1 Å². The molecule has 0 radical (unpaired) electrons. The fourth-order valence-corrected chi connectivity index (χ4v) is 1.53. The molecule has 0 bridgehead atoms. The first-order chi connectivity index (χ1) is 8.53. The molecule has 0 saturated carbocycles. The fraction of sp³-hybridized carbons (Fsp3) is 0.286. The monoisotopic (exact) mass is 243 g/mol. The highest BCUT2D eigenvalue weighted by Gasteiger charge is 2.25. The van der Waals surface area contributed by atoms with E-state index in [0.29, 0.717) is 12.2 Å². The van der Waals surface area contributed by atoms with Crippen LogP contribution in [-0.2, 0) is 4.79 Å². The molecule has 4 heteroatoms. The van der Waals surface area contributed by atoms with Crippen LogP contribution >= 0.6 is 0 Å². The molecule has 0 atom stereocenters. The predicted octanol–water partition coefficient (Wildman–Crippen LogP) is 2.16. The maximum absolute atomic E-state index is 12.0. The van der Waals surface area contributed by atoms with Gasteiger partial charge in [-0.2, -0.15) is 0 Å². The van der Waals surface area contributed by atoms with E-state index in [1.807, 2.05) is 44.2 Å². The second-order valence-electron chi connectivity index (χ2n) is 4.96. The van der Waals surface area contributed by atoms with E-state index in [2.05, 4.69) is 10.3 Å². The molecule has 1 aromatic carbocycles. The Bertz CT molecular complexity index is 578. The van der Waals surface area contributed by atoms with Crippen molar-refractivity contribution in [2.75, 3.05) is 11.9 Å². The third kappa shape index (κ3) is 2.49. The second kappa shape index (κ2) is 4.74. The largest absolute Gasteiger partial charge is 0.329 e. The minimum atomic E-state index is -0.578. The number of nitrogens with two attached hydrogens (primary N) is 1. The average Bonchev–Trinajstić information content (AvgIpc) is 2.38. The summed E-state index contributed by atoms with van der Waals surface area (Å²) in [4.78, 5) is 16.3. The molecule has 0 spiro atoms. The molecular formula is C14H17N3O. The van der Waals surface area contributed by atoms with Gasteiger partial charge >= 0.3 is 0 Å². The van der Waals surface area contributed by atoms with Crippen LogP contribution in [0.3, 0.4) is 0 Å². The van der Waals surface area contributed by atoms with E-state index in [9.17, 15) is 4.79 Å². The lowest BCUT2D eigenvalue weighted by molar-refractivity contribution is -0.123. The van der Waals surface area contributed by atoms with Crippen LogP contribution in [0.25, 0.3) is 10.9 Å². The van der Waals surface area contributed by atoms with Crippen molar-refractivity contribution in [3.05, 3.63) is 36.5 Å². The Balaban J connectivity index is 2.25. The molecule has 2 aromatic rings. The van der Waals surface area contributed by atoms with E-state index in [1.54, 1.807) is 6.20 Å². The molecular weight excluding hydrogens is 226 g/mol. The van der Waals surface area contributed by atoms with Gasteiger partial charge in [0.15, 0.2) is 0 Å². The van der Waals surface area contributed by atoms with Crippen LogP contribution in [-0.4, -0.2) is 17.4 Å². The minimum Gasteiger partial charge on any atom is -0.329 e. The van der Waals surface area contributed by atoms with Crippen molar-refractivity contribution in [3.8, 4) is 0 Å². The average molecular weight is 243 g/mol. The number of hydrogen-bond acceptors (Lipinski definition) is 3. The Morgan fingerprint density at radius 3 is 2.83 bits per heavy atom. The third-order valence-electron chi connectivity index (χ3n) is 2.97. The summed E-state index contributed by atoms with van der Waals surface area (Å²) in [6, 6.07) is 9.69. The maximum Gasteiger partial charge on any atom is 0.231 e. The highest BCUT2D eigenvalue weighted by Crippen LogP contribution is 2.19. The van der Waals surface area contributed by atoms with Gasteiger partial charge < -0.3 is 11.1 Å². The Hall–Kier alpha value is -1.94. The molecule has 0 unspecified atom stereocenters. The summed E-state index contributed by atoms with van der Waals surface area (Å²) in [6.07, 6.45) is 1.66. The first-order valence-corrected chi connectivity index (χ1v) is 5.89. The number of pyridine rings is 1. The summed E-state index contributed by atoms with van der Waals surface area (Å²) in [6.45, 7) is 3.94. The summed E-state index contributed by atoms with van der Waals surface area (Å²) in [5.41, 5.74) is 6.60. The second-order valence-corrected chi connectivity index (χ2v) is 4.96. The number of carbonyl (C=O) groups excluding carboxylic acids is 1. The molecule has 1 aromatic heterocycles. The number of hydrogen-bond donors (Lipinski definition) is 2. The van der Waals surface area contributed by atoms with Crippen LogP contribution in [0.5, 0.6) is 0 Å². The Morgan fingerprint density at radius 1 is 1.39 bits per heavy atom. The quantitative estimate of drug-likeness (QED) is 0.868. The summed E-state index contributed by atoms with van der Waals surface area (Å²) in [7, 11) is 0. The lowest BCUT2D eigenvalue weighted by Crippen LogP contribution is -2.37. The lowest BCUT2D eigenvalue weighted by Gasteiger charge is -2.21. The van der Waals surface area contributed by atoms with Crippen LogP contribution < -0.4 is 11.1 Å². The van der Waals surface area contributed by atoms with Gasteiger partial charge in [0.2, 0.25) is 5.91 Å². The zero-order valence-electron chi connectivity index (χ0n) is 10.6. The van der Waals surface area contributed by atoms with Crippen LogP contribution in [0, 0.1) is 5.41 Å². The molecule has 4 nitrogen and oxygen atoms in total. The standard InChI is InChI=1S/C14H17N3O/c1-14(2,9-15)13(18)17-11-7-10-5-3-4-6-12(10)16-8-11/h3-8H,9,15H2,1-2H3,(H,17,18). The van der Waals surface area contributed by atoms with E-state index in [4.69, 9.17) is 5.73 Å². The normalized spacial score (nSPS) is 11.5. The minimum absolute atomic E-state index is 0.0953. The molecule has 0 saturated heterocycles. The van der Waals surface area contributed by atoms with Crippen LogP contribution in [0.2, 0.25) is 0 Å². The van der Waals surface area contributed by atoms with Crippen molar-refractivity contribution in [3.63, 3.8) is 0 Å². The molecule has 18 heavy (non-hydrogen) atoms. The highest BCUT2D eigenvalue weighted by molar-refractivity contribution is 5.96. The van der Waals surface area contributed by atoms with Gasteiger partial charge in [-0.15, -0.1) is 0 Å². The molecule has 0 fully saturated rings. The van der Waals surface area contributed by atoms with Crippen LogP contribution in [0.4, 0.5) is 5.69 Å².